The van der Waals surface area contributed by atoms with Crippen molar-refractivity contribution >= 4 is 23.6 Å². The molecule has 1 unspecified atom stereocenters. The van der Waals surface area contributed by atoms with Crippen LogP contribution in [-0.2, 0) is 4.79 Å². The number of rotatable bonds is 7. The van der Waals surface area contributed by atoms with Gasteiger partial charge in [0.05, 0.1) is 10.8 Å². The number of carbonyl (C=O) groups excluding carboxylic acids is 2. The van der Waals surface area contributed by atoms with E-state index >= 15 is 0 Å². The molecule has 0 saturated carbocycles. The molecule has 2 amide bonds. The lowest BCUT2D eigenvalue weighted by Crippen LogP contribution is -2.35. The standard InChI is InChI=1S/C17H26N4O2S/c1-13(16(22)21-10-4-5-11-21)24-15-14(7-6-8-19-15)17(23)20(3)12-9-18-2/h6-8,13,18H,4-5,9-12H2,1-3H3. The minimum absolute atomic E-state index is 0.0679. The van der Waals surface area contributed by atoms with Crippen molar-refractivity contribution in [3.8, 4) is 0 Å². The van der Waals surface area contributed by atoms with Crippen molar-refractivity contribution in [3.63, 3.8) is 0 Å². The van der Waals surface area contributed by atoms with E-state index in [0.29, 0.717) is 17.1 Å². The van der Waals surface area contributed by atoms with E-state index in [9.17, 15) is 9.59 Å². The topological polar surface area (TPSA) is 65.5 Å². The zero-order valence-corrected chi connectivity index (χ0v) is 15.4. The van der Waals surface area contributed by atoms with Gasteiger partial charge in [-0.3, -0.25) is 9.59 Å². The number of hydrogen-bond acceptors (Lipinski definition) is 5. The SMILES string of the molecule is CNCCN(C)C(=O)c1cccnc1SC(C)C(=O)N1CCCC1. The van der Waals surface area contributed by atoms with Crippen molar-refractivity contribution in [1.82, 2.24) is 20.1 Å². The zero-order chi connectivity index (χ0) is 17.5. The van der Waals surface area contributed by atoms with Crippen LogP contribution in [-0.4, -0.2) is 72.1 Å². The van der Waals surface area contributed by atoms with Crippen LogP contribution in [0.4, 0.5) is 0 Å². The fraction of sp³-hybridized carbons (Fsp3) is 0.588. The Morgan fingerprint density at radius 2 is 2.12 bits per heavy atom. The second-order valence-electron chi connectivity index (χ2n) is 5.98. The molecule has 24 heavy (non-hydrogen) atoms. The first-order chi connectivity index (χ1) is 11.5. The summed E-state index contributed by atoms with van der Waals surface area (Å²) in [6.45, 7) is 4.92. The molecule has 2 rings (SSSR count). The fourth-order valence-electron chi connectivity index (χ4n) is 2.65. The van der Waals surface area contributed by atoms with Crippen molar-refractivity contribution in [2.24, 2.45) is 0 Å². The molecule has 1 aliphatic rings. The molecule has 0 spiro atoms. The smallest absolute Gasteiger partial charge is 0.256 e. The molecular weight excluding hydrogens is 324 g/mol. The van der Waals surface area contributed by atoms with Crippen LogP contribution < -0.4 is 5.32 Å². The van der Waals surface area contributed by atoms with Gasteiger partial charge in [-0.15, -0.1) is 0 Å². The number of pyridine rings is 1. The summed E-state index contributed by atoms with van der Waals surface area (Å²) in [5.41, 5.74) is 0.558. The molecular formula is C17H26N4O2S. The molecule has 132 valence electrons. The highest BCUT2D eigenvalue weighted by atomic mass is 32.2. The third-order valence-electron chi connectivity index (χ3n) is 4.10. The van der Waals surface area contributed by atoms with Gasteiger partial charge < -0.3 is 15.1 Å². The average molecular weight is 350 g/mol. The van der Waals surface area contributed by atoms with Crippen molar-refractivity contribution in [2.45, 2.75) is 30.0 Å². The third-order valence-corrected chi connectivity index (χ3v) is 5.20. The molecule has 1 N–H and O–H groups in total. The average Bonchev–Trinajstić information content (AvgIpc) is 3.13. The minimum Gasteiger partial charge on any atom is -0.342 e. The van der Waals surface area contributed by atoms with Gasteiger partial charge in [-0.05, 0) is 38.9 Å². The third kappa shape index (κ3) is 4.70. The van der Waals surface area contributed by atoms with E-state index in [-0.39, 0.29) is 17.1 Å². The Bertz CT molecular complexity index is 575. The van der Waals surface area contributed by atoms with Crippen LogP contribution in [0.2, 0.25) is 0 Å². The van der Waals surface area contributed by atoms with Crippen molar-refractivity contribution in [1.29, 1.82) is 0 Å². The van der Waals surface area contributed by atoms with E-state index in [0.717, 1.165) is 32.5 Å². The van der Waals surface area contributed by atoms with E-state index in [1.54, 1.807) is 30.3 Å². The Balaban J connectivity index is 2.07. The van der Waals surface area contributed by atoms with Crippen molar-refractivity contribution < 1.29 is 9.59 Å². The summed E-state index contributed by atoms with van der Waals surface area (Å²) in [6.07, 6.45) is 3.82. The first-order valence-corrected chi connectivity index (χ1v) is 9.23. The maximum Gasteiger partial charge on any atom is 0.256 e. The van der Waals surface area contributed by atoms with E-state index in [2.05, 4.69) is 10.3 Å². The number of nitrogens with zero attached hydrogens (tertiary/aromatic N) is 3. The lowest BCUT2D eigenvalue weighted by Gasteiger charge is -2.21. The molecule has 6 nitrogen and oxygen atoms in total. The Morgan fingerprint density at radius 1 is 1.42 bits per heavy atom. The van der Waals surface area contributed by atoms with Crippen LogP contribution in [0.1, 0.15) is 30.1 Å². The number of carbonyl (C=O) groups is 2. The highest BCUT2D eigenvalue weighted by molar-refractivity contribution is 8.00. The van der Waals surface area contributed by atoms with Crippen LogP contribution in [0.15, 0.2) is 23.4 Å². The molecule has 2 heterocycles. The maximum atomic E-state index is 12.6. The lowest BCUT2D eigenvalue weighted by molar-refractivity contribution is -0.129. The first-order valence-electron chi connectivity index (χ1n) is 8.35. The summed E-state index contributed by atoms with van der Waals surface area (Å²) in [5.74, 6) is 0.0618. The molecule has 1 aliphatic heterocycles. The second kappa shape index (κ2) is 9.03. The number of amides is 2. The zero-order valence-electron chi connectivity index (χ0n) is 14.6. The molecule has 7 heteroatoms. The molecule has 1 saturated heterocycles. The monoisotopic (exact) mass is 350 g/mol. The van der Waals surface area contributed by atoms with Crippen LogP contribution in [0.5, 0.6) is 0 Å². The predicted molar refractivity (Wildman–Crippen MR) is 96.3 cm³/mol. The molecule has 1 atom stereocenters. The molecule has 0 radical (unpaired) electrons. The second-order valence-corrected chi connectivity index (χ2v) is 7.31. The van der Waals surface area contributed by atoms with E-state index in [1.165, 1.54) is 11.8 Å². The van der Waals surface area contributed by atoms with E-state index < -0.39 is 0 Å². The molecule has 0 aromatic carbocycles. The van der Waals surface area contributed by atoms with Gasteiger partial charge in [0.1, 0.15) is 5.03 Å². The van der Waals surface area contributed by atoms with Gasteiger partial charge in [-0.1, -0.05) is 11.8 Å². The van der Waals surface area contributed by atoms with Gasteiger partial charge in [0, 0.05) is 39.4 Å². The summed E-state index contributed by atoms with van der Waals surface area (Å²) in [6, 6.07) is 3.54. The molecule has 0 bridgehead atoms. The number of likely N-dealkylation sites (N-methyl/N-ethyl adjacent to an activating group) is 2. The van der Waals surface area contributed by atoms with E-state index in [1.807, 2.05) is 18.9 Å². The Morgan fingerprint density at radius 3 is 2.79 bits per heavy atom. The first kappa shape index (κ1) is 18.7. The highest BCUT2D eigenvalue weighted by Gasteiger charge is 2.26. The van der Waals surface area contributed by atoms with Gasteiger partial charge in [0.15, 0.2) is 0 Å². The highest BCUT2D eigenvalue weighted by Crippen LogP contribution is 2.27. The van der Waals surface area contributed by atoms with Gasteiger partial charge in [-0.25, -0.2) is 4.98 Å². The quantitative estimate of drug-likeness (QED) is 0.755. The van der Waals surface area contributed by atoms with Crippen LogP contribution in [0.25, 0.3) is 0 Å². The van der Waals surface area contributed by atoms with Crippen molar-refractivity contribution in [2.75, 3.05) is 40.3 Å². The van der Waals surface area contributed by atoms with Gasteiger partial charge >= 0.3 is 0 Å². The minimum atomic E-state index is -0.243. The number of likely N-dealkylation sites (tertiary alicyclic amines) is 1. The van der Waals surface area contributed by atoms with Crippen LogP contribution in [0, 0.1) is 0 Å². The Hall–Kier alpha value is -1.60. The number of aromatic nitrogens is 1. The number of hydrogen-bond donors (Lipinski definition) is 1. The summed E-state index contributed by atoms with van der Waals surface area (Å²) in [5, 5.41) is 3.41. The predicted octanol–water partition coefficient (Wildman–Crippen LogP) is 1.48. The lowest BCUT2D eigenvalue weighted by atomic mass is 10.2. The van der Waals surface area contributed by atoms with Gasteiger partial charge in [0.25, 0.3) is 5.91 Å². The van der Waals surface area contributed by atoms with Crippen LogP contribution in [0.3, 0.4) is 0 Å². The van der Waals surface area contributed by atoms with Gasteiger partial charge in [0.2, 0.25) is 5.91 Å². The van der Waals surface area contributed by atoms with Gasteiger partial charge in [-0.2, -0.15) is 0 Å². The normalized spacial score (nSPS) is 15.4. The summed E-state index contributed by atoms with van der Waals surface area (Å²) in [4.78, 5) is 33.0. The molecule has 0 aliphatic carbocycles. The summed E-state index contributed by atoms with van der Waals surface area (Å²) < 4.78 is 0. The molecule has 1 fully saturated rings. The fourth-order valence-corrected chi connectivity index (χ4v) is 3.64. The summed E-state index contributed by atoms with van der Waals surface area (Å²) in [7, 11) is 3.63. The van der Waals surface area contributed by atoms with Crippen molar-refractivity contribution in [3.05, 3.63) is 23.9 Å². The number of nitrogens with one attached hydrogen (secondary N) is 1. The Labute approximate surface area is 148 Å². The largest absolute Gasteiger partial charge is 0.342 e. The van der Waals surface area contributed by atoms with E-state index in [4.69, 9.17) is 0 Å². The maximum absolute atomic E-state index is 12.6. The van der Waals surface area contributed by atoms with Crippen LogP contribution >= 0.6 is 11.8 Å². The Kier molecular flexibility index (Phi) is 7.05. The molecule has 1 aromatic heterocycles. The summed E-state index contributed by atoms with van der Waals surface area (Å²) >= 11 is 1.37. The number of thioether (sulfide) groups is 1. The molecule has 1 aromatic rings.